The van der Waals surface area contributed by atoms with Crippen molar-refractivity contribution in [2.45, 2.75) is 38.1 Å². The summed E-state index contributed by atoms with van der Waals surface area (Å²) in [5, 5.41) is 4.26. The first-order chi connectivity index (χ1) is 8.22. The van der Waals surface area contributed by atoms with E-state index in [1.165, 1.54) is 37.7 Å². The lowest BCUT2D eigenvalue weighted by Gasteiger charge is -2.30. The van der Waals surface area contributed by atoms with Crippen LogP contribution in [0.15, 0.2) is 22.7 Å². The lowest BCUT2D eigenvalue weighted by Crippen LogP contribution is -2.26. The first-order valence-electron chi connectivity index (χ1n) is 6.34. The number of hydrogen-bond acceptors (Lipinski definition) is 1. The first kappa shape index (κ1) is 13.4. The van der Waals surface area contributed by atoms with Gasteiger partial charge in [-0.1, -0.05) is 36.9 Å². The van der Waals surface area contributed by atoms with E-state index >= 15 is 0 Å². The van der Waals surface area contributed by atoms with E-state index in [4.69, 9.17) is 11.6 Å². The van der Waals surface area contributed by atoms with Gasteiger partial charge < -0.3 is 5.32 Å². The fourth-order valence-corrected chi connectivity index (χ4v) is 3.36. The minimum absolute atomic E-state index is 0.462. The van der Waals surface area contributed by atoms with Gasteiger partial charge in [0.05, 0.1) is 5.02 Å². The number of rotatable bonds is 3. The van der Waals surface area contributed by atoms with Crippen LogP contribution in [0, 0.1) is 5.92 Å². The summed E-state index contributed by atoms with van der Waals surface area (Å²) in [4.78, 5) is 0. The van der Waals surface area contributed by atoms with Crippen molar-refractivity contribution in [1.29, 1.82) is 0 Å². The van der Waals surface area contributed by atoms with Gasteiger partial charge in [0.25, 0.3) is 0 Å². The van der Waals surface area contributed by atoms with Crippen molar-refractivity contribution in [2.24, 2.45) is 5.92 Å². The molecule has 1 N–H and O–H groups in total. The van der Waals surface area contributed by atoms with Crippen LogP contribution in [-0.2, 0) is 0 Å². The van der Waals surface area contributed by atoms with Gasteiger partial charge >= 0.3 is 0 Å². The molecule has 1 aromatic carbocycles. The third-order valence-electron chi connectivity index (χ3n) is 3.74. The van der Waals surface area contributed by atoms with Gasteiger partial charge in [-0.2, -0.15) is 0 Å². The molecular formula is C14H19BrClN. The molecule has 0 saturated heterocycles. The smallest absolute Gasteiger partial charge is 0.0548 e. The maximum atomic E-state index is 6.05. The van der Waals surface area contributed by atoms with Gasteiger partial charge in [-0.05, 0) is 59.4 Å². The van der Waals surface area contributed by atoms with Crippen molar-refractivity contribution < 1.29 is 0 Å². The van der Waals surface area contributed by atoms with E-state index in [1.54, 1.807) is 0 Å². The van der Waals surface area contributed by atoms with Crippen LogP contribution in [0.5, 0.6) is 0 Å². The van der Waals surface area contributed by atoms with Gasteiger partial charge in [0.1, 0.15) is 0 Å². The van der Waals surface area contributed by atoms with Gasteiger partial charge in [0.2, 0.25) is 0 Å². The molecule has 1 aliphatic carbocycles. The Morgan fingerprint density at radius 2 is 2.00 bits per heavy atom. The van der Waals surface area contributed by atoms with Gasteiger partial charge in [-0.25, -0.2) is 0 Å². The lowest BCUT2D eigenvalue weighted by atomic mass is 9.81. The molecule has 17 heavy (non-hydrogen) atoms. The standard InChI is InChI=1S/C14H19BrClN/c1-17-14(10-5-3-2-4-6-10)11-7-8-13(16)12(15)9-11/h7-10,14,17H,2-6H2,1H3. The highest BCUT2D eigenvalue weighted by molar-refractivity contribution is 9.10. The van der Waals surface area contributed by atoms with Crippen molar-refractivity contribution in [3.63, 3.8) is 0 Å². The van der Waals surface area contributed by atoms with E-state index < -0.39 is 0 Å². The molecule has 1 saturated carbocycles. The molecule has 2 rings (SSSR count). The van der Waals surface area contributed by atoms with Crippen LogP contribution < -0.4 is 5.32 Å². The van der Waals surface area contributed by atoms with Crippen LogP contribution in [0.25, 0.3) is 0 Å². The number of halogens is 2. The Morgan fingerprint density at radius 3 is 2.59 bits per heavy atom. The van der Waals surface area contributed by atoms with Crippen LogP contribution in [0.2, 0.25) is 5.02 Å². The second-order valence-corrected chi connectivity index (χ2v) is 6.10. The second kappa shape index (κ2) is 6.21. The van der Waals surface area contributed by atoms with E-state index in [2.05, 4.69) is 40.4 Å². The SMILES string of the molecule is CNC(c1ccc(Cl)c(Br)c1)C1CCCCC1. The molecule has 1 aromatic rings. The highest BCUT2D eigenvalue weighted by Gasteiger charge is 2.23. The predicted molar refractivity (Wildman–Crippen MR) is 77.5 cm³/mol. The molecule has 1 nitrogen and oxygen atoms in total. The zero-order valence-corrected chi connectivity index (χ0v) is 12.5. The zero-order valence-electron chi connectivity index (χ0n) is 10.2. The Hall–Kier alpha value is -0.0500. The van der Waals surface area contributed by atoms with Crippen LogP contribution >= 0.6 is 27.5 Å². The number of hydrogen-bond donors (Lipinski definition) is 1. The van der Waals surface area contributed by atoms with Crippen LogP contribution in [0.4, 0.5) is 0 Å². The maximum Gasteiger partial charge on any atom is 0.0548 e. The molecule has 1 fully saturated rings. The largest absolute Gasteiger partial charge is 0.313 e. The molecule has 0 aromatic heterocycles. The van der Waals surface area contributed by atoms with Crippen molar-refractivity contribution in [1.82, 2.24) is 5.32 Å². The van der Waals surface area contributed by atoms with Gasteiger partial charge in [0.15, 0.2) is 0 Å². The topological polar surface area (TPSA) is 12.0 Å². The number of benzene rings is 1. The van der Waals surface area contributed by atoms with E-state index in [1.807, 2.05) is 6.07 Å². The molecule has 3 heteroatoms. The molecule has 1 aliphatic rings. The molecule has 0 heterocycles. The molecule has 0 amide bonds. The van der Waals surface area contributed by atoms with Crippen LogP contribution in [0.3, 0.4) is 0 Å². The van der Waals surface area contributed by atoms with E-state index in [0.717, 1.165) is 15.4 Å². The Balaban J connectivity index is 2.18. The van der Waals surface area contributed by atoms with Crippen molar-refractivity contribution in [2.75, 3.05) is 7.05 Å². The first-order valence-corrected chi connectivity index (χ1v) is 7.51. The average Bonchev–Trinajstić information content (AvgIpc) is 2.36. The quantitative estimate of drug-likeness (QED) is 0.832. The summed E-state index contributed by atoms with van der Waals surface area (Å²) in [7, 11) is 2.06. The average molecular weight is 317 g/mol. The van der Waals surface area contributed by atoms with E-state index in [-0.39, 0.29) is 0 Å². The predicted octanol–water partition coefficient (Wildman–Crippen LogP) is 4.94. The summed E-state index contributed by atoms with van der Waals surface area (Å²) in [5.74, 6) is 0.766. The van der Waals surface area contributed by atoms with Crippen molar-refractivity contribution in [3.8, 4) is 0 Å². The molecular weight excluding hydrogens is 298 g/mol. The molecule has 0 radical (unpaired) electrons. The normalized spacial score (nSPS) is 19.2. The van der Waals surface area contributed by atoms with Gasteiger partial charge in [-0.3, -0.25) is 0 Å². The Morgan fingerprint density at radius 1 is 1.29 bits per heavy atom. The Labute approximate surface area is 117 Å². The summed E-state index contributed by atoms with van der Waals surface area (Å²) in [6.07, 6.45) is 6.82. The molecule has 0 spiro atoms. The fraction of sp³-hybridized carbons (Fsp3) is 0.571. The van der Waals surface area contributed by atoms with Crippen molar-refractivity contribution >= 4 is 27.5 Å². The minimum Gasteiger partial charge on any atom is -0.313 e. The summed E-state index contributed by atoms with van der Waals surface area (Å²) in [6, 6.07) is 6.73. The maximum absolute atomic E-state index is 6.05. The monoisotopic (exact) mass is 315 g/mol. The molecule has 1 unspecified atom stereocenters. The van der Waals surface area contributed by atoms with E-state index in [0.29, 0.717) is 6.04 Å². The van der Waals surface area contributed by atoms with Crippen LogP contribution in [-0.4, -0.2) is 7.05 Å². The molecule has 0 bridgehead atoms. The van der Waals surface area contributed by atoms with Gasteiger partial charge in [0, 0.05) is 10.5 Å². The zero-order chi connectivity index (χ0) is 12.3. The van der Waals surface area contributed by atoms with Crippen LogP contribution in [0.1, 0.15) is 43.7 Å². The van der Waals surface area contributed by atoms with Crippen molar-refractivity contribution in [3.05, 3.63) is 33.3 Å². The third kappa shape index (κ3) is 3.24. The Bertz CT molecular complexity index is 374. The van der Waals surface area contributed by atoms with Gasteiger partial charge in [-0.15, -0.1) is 0 Å². The highest BCUT2D eigenvalue weighted by Crippen LogP contribution is 2.36. The number of nitrogens with one attached hydrogen (secondary N) is 1. The molecule has 0 aliphatic heterocycles. The second-order valence-electron chi connectivity index (χ2n) is 4.84. The molecule has 94 valence electrons. The summed E-state index contributed by atoms with van der Waals surface area (Å²) < 4.78 is 0.993. The summed E-state index contributed by atoms with van der Waals surface area (Å²) in [6.45, 7) is 0. The summed E-state index contributed by atoms with van der Waals surface area (Å²) in [5.41, 5.74) is 1.34. The molecule has 1 atom stereocenters. The third-order valence-corrected chi connectivity index (χ3v) is 4.95. The highest BCUT2D eigenvalue weighted by atomic mass is 79.9. The fourth-order valence-electron chi connectivity index (χ4n) is 2.85. The van der Waals surface area contributed by atoms with E-state index in [9.17, 15) is 0 Å². The summed E-state index contributed by atoms with van der Waals surface area (Å²) >= 11 is 9.55. The Kier molecular flexibility index (Phi) is 4.89. The minimum atomic E-state index is 0.462. The lowest BCUT2D eigenvalue weighted by molar-refractivity contribution is 0.281.